The van der Waals surface area contributed by atoms with E-state index in [2.05, 4.69) is 10.1 Å². The first-order chi connectivity index (χ1) is 12.3. The summed E-state index contributed by atoms with van der Waals surface area (Å²) in [4.78, 5) is 27.1. The predicted molar refractivity (Wildman–Crippen MR) is 94.9 cm³/mol. The van der Waals surface area contributed by atoms with E-state index in [0.717, 1.165) is 0 Å². The number of esters is 1. The van der Waals surface area contributed by atoms with Gasteiger partial charge in [0.05, 0.1) is 12.2 Å². The summed E-state index contributed by atoms with van der Waals surface area (Å²) in [5.74, 6) is -0.828. The lowest BCUT2D eigenvalue weighted by molar-refractivity contribution is -0.140. The Balaban J connectivity index is 2.43. The van der Waals surface area contributed by atoms with E-state index in [1.54, 1.807) is 47.7 Å². The van der Waals surface area contributed by atoms with Crippen LogP contribution < -0.4 is 5.56 Å². The Morgan fingerprint density at radius 3 is 2.54 bits per heavy atom. The molecule has 1 N–H and O–H groups in total. The van der Waals surface area contributed by atoms with Crippen molar-refractivity contribution in [2.24, 2.45) is 0 Å². The second kappa shape index (κ2) is 6.74. The first kappa shape index (κ1) is 18.4. The number of aromatic nitrogens is 3. The van der Waals surface area contributed by atoms with E-state index in [9.17, 15) is 22.8 Å². The summed E-state index contributed by atoms with van der Waals surface area (Å²) >= 11 is 1.58. The molecule has 0 bridgehead atoms. The molecule has 2 heterocycles. The number of ether oxygens (including phenoxy) is 1. The Morgan fingerprint density at radius 2 is 1.96 bits per heavy atom. The molecule has 0 aliphatic carbocycles. The maximum atomic E-state index is 13.5. The third-order valence-corrected chi connectivity index (χ3v) is 4.54. The number of nitrogens with zero attached hydrogens (tertiary/aromatic N) is 2. The first-order valence-electron chi connectivity index (χ1n) is 7.40. The van der Waals surface area contributed by atoms with Gasteiger partial charge in [0.2, 0.25) is 0 Å². The summed E-state index contributed by atoms with van der Waals surface area (Å²) < 4.78 is 45.9. The van der Waals surface area contributed by atoms with Crippen LogP contribution in [0.25, 0.3) is 16.8 Å². The van der Waals surface area contributed by atoms with E-state index >= 15 is 0 Å². The van der Waals surface area contributed by atoms with Gasteiger partial charge in [0.25, 0.3) is 5.56 Å². The van der Waals surface area contributed by atoms with Crippen molar-refractivity contribution in [3.05, 3.63) is 55.6 Å². The molecule has 0 fully saturated rings. The van der Waals surface area contributed by atoms with Gasteiger partial charge in [0.1, 0.15) is 14.9 Å². The van der Waals surface area contributed by atoms with Crippen LogP contribution >= 0.6 is 22.6 Å². The van der Waals surface area contributed by atoms with E-state index in [-0.39, 0.29) is 32.6 Å². The van der Waals surface area contributed by atoms with Gasteiger partial charge in [-0.1, -0.05) is 30.3 Å². The third kappa shape index (κ3) is 3.08. The van der Waals surface area contributed by atoms with Crippen LogP contribution in [0.5, 0.6) is 0 Å². The number of aromatic amines is 1. The minimum atomic E-state index is -4.78. The van der Waals surface area contributed by atoms with Gasteiger partial charge in [0.15, 0.2) is 5.69 Å². The second-order valence-electron chi connectivity index (χ2n) is 5.19. The van der Waals surface area contributed by atoms with Crippen LogP contribution in [-0.2, 0) is 10.9 Å². The molecule has 3 rings (SSSR count). The van der Waals surface area contributed by atoms with Gasteiger partial charge in [-0.15, -0.1) is 0 Å². The molecule has 0 spiro atoms. The van der Waals surface area contributed by atoms with Gasteiger partial charge in [-0.25, -0.2) is 4.79 Å². The van der Waals surface area contributed by atoms with Gasteiger partial charge in [-0.2, -0.15) is 22.8 Å². The highest BCUT2D eigenvalue weighted by Crippen LogP contribution is 2.38. The molecule has 0 unspecified atom stereocenters. The number of carbonyl (C=O) groups is 1. The van der Waals surface area contributed by atoms with Crippen molar-refractivity contribution in [2.45, 2.75) is 13.1 Å². The zero-order valence-electron chi connectivity index (χ0n) is 13.2. The molecule has 0 saturated heterocycles. The molecular formula is C16H11F3IN3O3. The van der Waals surface area contributed by atoms with Crippen molar-refractivity contribution in [2.75, 3.05) is 6.61 Å². The van der Waals surface area contributed by atoms with Crippen molar-refractivity contribution in [1.82, 2.24) is 14.6 Å². The zero-order valence-corrected chi connectivity index (χ0v) is 15.4. The largest absolute Gasteiger partial charge is 0.461 e. The van der Waals surface area contributed by atoms with E-state index in [1.165, 1.54) is 12.1 Å². The number of fused-ring (bicyclic) bond motifs is 1. The Morgan fingerprint density at radius 1 is 1.31 bits per heavy atom. The van der Waals surface area contributed by atoms with E-state index < -0.39 is 23.4 Å². The quantitative estimate of drug-likeness (QED) is 0.463. The highest BCUT2D eigenvalue weighted by atomic mass is 127. The number of alkyl halides is 3. The molecule has 0 radical (unpaired) electrons. The Labute approximate surface area is 158 Å². The standard InChI is InChI=1S/C16H11F3IN3O3/c1-2-26-15(25)11-10(20)14(24)23-13(21-11)9(8-6-4-3-5-7-8)12(22-23)16(17,18)19/h3-7,21H,2H2,1H3. The lowest BCUT2D eigenvalue weighted by atomic mass is 10.1. The van der Waals surface area contributed by atoms with Crippen LogP contribution in [0.15, 0.2) is 35.1 Å². The van der Waals surface area contributed by atoms with Gasteiger partial charge in [-0.05, 0) is 35.1 Å². The van der Waals surface area contributed by atoms with Gasteiger partial charge in [0, 0.05) is 0 Å². The third-order valence-electron chi connectivity index (χ3n) is 3.54. The number of hydrogen-bond donors (Lipinski definition) is 1. The summed E-state index contributed by atoms with van der Waals surface area (Å²) in [6, 6.07) is 7.71. The van der Waals surface area contributed by atoms with Crippen LogP contribution in [0.4, 0.5) is 13.2 Å². The van der Waals surface area contributed by atoms with Gasteiger partial charge < -0.3 is 9.72 Å². The molecule has 0 saturated carbocycles. The molecule has 136 valence electrons. The van der Waals surface area contributed by atoms with Crippen molar-refractivity contribution in [1.29, 1.82) is 0 Å². The molecule has 6 nitrogen and oxygen atoms in total. The summed E-state index contributed by atoms with van der Waals surface area (Å²) in [5, 5.41) is 3.46. The maximum Gasteiger partial charge on any atom is 0.435 e. The highest BCUT2D eigenvalue weighted by Gasteiger charge is 2.39. The fraction of sp³-hybridized carbons (Fsp3) is 0.188. The normalized spacial score (nSPS) is 11.7. The predicted octanol–water partition coefficient (Wildman–Crippen LogP) is 3.49. The van der Waals surface area contributed by atoms with E-state index in [1.807, 2.05) is 0 Å². The van der Waals surface area contributed by atoms with Crippen molar-refractivity contribution in [3.63, 3.8) is 0 Å². The fourth-order valence-corrected chi connectivity index (χ4v) is 3.06. The van der Waals surface area contributed by atoms with Crippen LogP contribution in [0, 0.1) is 3.57 Å². The topological polar surface area (TPSA) is 76.5 Å². The number of nitrogens with one attached hydrogen (secondary N) is 1. The average molecular weight is 477 g/mol. The van der Waals surface area contributed by atoms with Crippen LogP contribution in [0.3, 0.4) is 0 Å². The molecule has 3 aromatic rings. The number of hydrogen-bond acceptors (Lipinski definition) is 4. The van der Waals surface area contributed by atoms with Crippen LogP contribution in [0.2, 0.25) is 0 Å². The Hall–Kier alpha value is -2.37. The Kier molecular flexibility index (Phi) is 4.78. The number of halogens is 4. The molecule has 10 heteroatoms. The zero-order chi connectivity index (χ0) is 19.1. The van der Waals surface area contributed by atoms with E-state index in [4.69, 9.17) is 4.74 Å². The molecular weight excluding hydrogens is 466 g/mol. The lowest BCUT2D eigenvalue weighted by Gasteiger charge is -2.08. The highest BCUT2D eigenvalue weighted by molar-refractivity contribution is 14.1. The molecule has 26 heavy (non-hydrogen) atoms. The van der Waals surface area contributed by atoms with Gasteiger partial charge in [-0.3, -0.25) is 4.79 Å². The lowest BCUT2D eigenvalue weighted by Crippen LogP contribution is -2.24. The summed E-state index contributed by atoms with van der Waals surface area (Å²) in [6.45, 7) is 1.64. The molecule has 0 aliphatic heterocycles. The number of rotatable bonds is 3. The molecule has 0 amide bonds. The average Bonchev–Trinajstić information content (AvgIpc) is 2.99. The van der Waals surface area contributed by atoms with Gasteiger partial charge >= 0.3 is 12.1 Å². The van der Waals surface area contributed by atoms with E-state index in [0.29, 0.717) is 4.52 Å². The molecule has 1 aromatic carbocycles. The summed E-state index contributed by atoms with van der Waals surface area (Å²) in [6.07, 6.45) is -4.78. The maximum absolute atomic E-state index is 13.5. The monoisotopic (exact) mass is 477 g/mol. The molecule has 0 aliphatic rings. The number of H-pyrrole nitrogens is 1. The van der Waals surface area contributed by atoms with Crippen LogP contribution in [-0.4, -0.2) is 27.2 Å². The van der Waals surface area contributed by atoms with Crippen molar-refractivity contribution in [3.8, 4) is 11.1 Å². The van der Waals surface area contributed by atoms with Crippen LogP contribution in [0.1, 0.15) is 23.1 Å². The van der Waals surface area contributed by atoms with Crippen molar-refractivity contribution < 1.29 is 22.7 Å². The fourth-order valence-electron chi connectivity index (χ4n) is 2.47. The Bertz CT molecular complexity index is 1040. The smallest absolute Gasteiger partial charge is 0.435 e. The summed E-state index contributed by atoms with van der Waals surface area (Å²) in [7, 11) is 0. The SMILES string of the molecule is CCOC(=O)c1[nH]c2c(-c3ccccc3)c(C(F)(F)F)nn2c(=O)c1I. The number of benzene rings is 1. The number of carbonyl (C=O) groups excluding carboxylic acids is 1. The first-order valence-corrected chi connectivity index (χ1v) is 8.47. The minimum absolute atomic E-state index is 0.0563. The van der Waals surface area contributed by atoms with Crippen molar-refractivity contribution >= 4 is 34.2 Å². The minimum Gasteiger partial charge on any atom is -0.461 e. The second-order valence-corrected chi connectivity index (χ2v) is 6.27. The molecule has 2 aromatic heterocycles. The summed E-state index contributed by atoms with van der Waals surface area (Å²) in [5.41, 5.74) is -2.59. The molecule has 0 atom stereocenters.